The number of likely N-dealkylation sites (N-methyl/N-ethyl adjacent to an activating group) is 1. The molecule has 0 unspecified atom stereocenters. The Hall–Kier alpha value is -2.52. The van der Waals surface area contributed by atoms with Crippen LogP contribution in [0.2, 0.25) is 0 Å². The van der Waals surface area contributed by atoms with Crippen molar-refractivity contribution >= 4 is 17.7 Å². The van der Waals surface area contributed by atoms with Crippen LogP contribution in [0.15, 0.2) is 88.7 Å². The summed E-state index contributed by atoms with van der Waals surface area (Å²) < 4.78 is 0. The highest BCUT2D eigenvalue weighted by Gasteiger charge is 2.13. The molecule has 0 aromatic heterocycles. The Kier molecular flexibility index (Phi) is 6.13. The molecule has 3 aromatic rings. The van der Waals surface area contributed by atoms with E-state index in [2.05, 4.69) is 37.3 Å². The Labute approximate surface area is 159 Å². The SMILES string of the molecule is Cc1ccc(Sc2ccccc2CC(=O)N(C)Cc2ccccc2)cc1. The smallest absolute Gasteiger partial charge is 0.227 e. The molecule has 0 bridgehead atoms. The summed E-state index contributed by atoms with van der Waals surface area (Å²) >= 11 is 1.71. The lowest BCUT2D eigenvalue weighted by molar-refractivity contribution is -0.129. The minimum Gasteiger partial charge on any atom is -0.341 e. The highest BCUT2D eigenvalue weighted by molar-refractivity contribution is 7.99. The van der Waals surface area contributed by atoms with Crippen LogP contribution in [0, 0.1) is 6.92 Å². The number of carbonyl (C=O) groups is 1. The zero-order valence-corrected chi connectivity index (χ0v) is 16.0. The van der Waals surface area contributed by atoms with Gasteiger partial charge in [0.2, 0.25) is 5.91 Å². The summed E-state index contributed by atoms with van der Waals surface area (Å²) in [6.07, 6.45) is 0.415. The molecule has 132 valence electrons. The quantitative estimate of drug-likeness (QED) is 0.590. The maximum Gasteiger partial charge on any atom is 0.227 e. The minimum atomic E-state index is 0.130. The molecule has 3 heteroatoms. The summed E-state index contributed by atoms with van der Waals surface area (Å²) in [6.45, 7) is 2.72. The minimum absolute atomic E-state index is 0.130. The maximum absolute atomic E-state index is 12.7. The molecule has 26 heavy (non-hydrogen) atoms. The number of nitrogens with zero attached hydrogens (tertiary/aromatic N) is 1. The molecule has 0 heterocycles. The van der Waals surface area contributed by atoms with Gasteiger partial charge in [0, 0.05) is 23.4 Å². The standard InChI is InChI=1S/C23H23NOS/c1-18-12-14-21(15-13-18)26-22-11-7-6-10-20(22)16-23(25)24(2)17-19-8-4-3-5-9-19/h3-15H,16-17H2,1-2H3. The van der Waals surface area contributed by atoms with E-state index < -0.39 is 0 Å². The van der Waals surface area contributed by atoms with Gasteiger partial charge in [-0.15, -0.1) is 0 Å². The average molecular weight is 362 g/mol. The predicted octanol–water partition coefficient (Wildman–Crippen LogP) is 5.35. The third-order valence-electron chi connectivity index (χ3n) is 4.25. The lowest BCUT2D eigenvalue weighted by atomic mass is 10.1. The fourth-order valence-corrected chi connectivity index (χ4v) is 3.67. The molecule has 2 nitrogen and oxygen atoms in total. The van der Waals surface area contributed by atoms with Crippen LogP contribution < -0.4 is 0 Å². The molecule has 0 atom stereocenters. The lowest BCUT2D eigenvalue weighted by Gasteiger charge is -2.18. The zero-order valence-electron chi connectivity index (χ0n) is 15.2. The van der Waals surface area contributed by atoms with E-state index in [1.54, 1.807) is 16.7 Å². The van der Waals surface area contributed by atoms with E-state index in [0.717, 1.165) is 16.0 Å². The summed E-state index contributed by atoms with van der Waals surface area (Å²) in [6, 6.07) is 26.7. The van der Waals surface area contributed by atoms with Gasteiger partial charge in [0.1, 0.15) is 0 Å². The highest BCUT2D eigenvalue weighted by atomic mass is 32.2. The van der Waals surface area contributed by atoms with Gasteiger partial charge in [-0.1, -0.05) is 78.0 Å². The van der Waals surface area contributed by atoms with Crippen LogP contribution in [0.25, 0.3) is 0 Å². The van der Waals surface area contributed by atoms with Crippen molar-refractivity contribution in [2.45, 2.75) is 29.7 Å². The number of aryl methyl sites for hydroxylation is 1. The monoisotopic (exact) mass is 361 g/mol. The molecule has 0 aliphatic heterocycles. The molecular formula is C23H23NOS. The van der Waals surface area contributed by atoms with Gasteiger partial charge in [0.15, 0.2) is 0 Å². The zero-order chi connectivity index (χ0) is 18.4. The fraction of sp³-hybridized carbons (Fsp3) is 0.174. The van der Waals surface area contributed by atoms with Crippen molar-refractivity contribution in [3.63, 3.8) is 0 Å². The highest BCUT2D eigenvalue weighted by Crippen LogP contribution is 2.31. The van der Waals surface area contributed by atoms with Crippen molar-refractivity contribution in [1.29, 1.82) is 0 Å². The Morgan fingerprint density at radius 2 is 1.54 bits per heavy atom. The molecule has 0 aliphatic carbocycles. The van der Waals surface area contributed by atoms with Gasteiger partial charge in [-0.2, -0.15) is 0 Å². The summed E-state index contributed by atoms with van der Waals surface area (Å²) in [5.74, 6) is 0.130. The second-order valence-electron chi connectivity index (χ2n) is 6.44. The molecule has 3 aromatic carbocycles. The van der Waals surface area contributed by atoms with Crippen molar-refractivity contribution in [3.8, 4) is 0 Å². The van der Waals surface area contributed by atoms with E-state index in [1.807, 2.05) is 55.6 Å². The second-order valence-corrected chi connectivity index (χ2v) is 7.55. The van der Waals surface area contributed by atoms with Crippen molar-refractivity contribution in [2.75, 3.05) is 7.05 Å². The van der Waals surface area contributed by atoms with Gasteiger partial charge in [-0.05, 0) is 36.2 Å². The maximum atomic E-state index is 12.7. The lowest BCUT2D eigenvalue weighted by Crippen LogP contribution is -2.27. The first-order valence-electron chi connectivity index (χ1n) is 8.72. The normalized spacial score (nSPS) is 10.5. The van der Waals surface area contributed by atoms with Crippen LogP contribution in [0.1, 0.15) is 16.7 Å². The Balaban J connectivity index is 1.69. The van der Waals surface area contributed by atoms with E-state index in [-0.39, 0.29) is 5.91 Å². The average Bonchev–Trinajstić information content (AvgIpc) is 2.66. The van der Waals surface area contributed by atoms with Crippen LogP contribution >= 0.6 is 11.8 Å². The number of carbonyl (C=O) groups excluding carboxylic acids is 1. The van der Waals surface area contributed by atoms with Gasteiger partial charge in [0.05, 0.1) is 6.42 Å². The van der Waals surface area contributed by atoms with Crippen LogP contribution in [-0.2, 0) is 17.8 Å². The second kappa shape index (κ2) is 8.72. The first kappa shape index (κ1) is 18.3. The molecule has 0 radical (unpaired) electrons. The number of benzene rings is 3. The Morgan fingerprint density at radius 1 is 0.885 bits per heavy atom. The molecule has 0 saturated carbocycles. The van der Waals surface area contributed by atoms with E-state index in [0.29, 0.717) is 13.0 Å². The van der Waals surface area contributed by atoms with Crippen molar-refractivity contribution in [1.82, 2.24) is 4.90 Å². The van der Waals surface area contributed by atoms with Gasteiger partial charge in [-0.25, -0.2) is 0 Å². The molecule has 0 N–H and O–H groups in total. The first-order chi connectivity index (χ1) is 12.6. The van der Waals surface area contributed by atoms with Crippen LogP contribution in [-0.4, -0.2) is 17.9 Å². The Bertz CT molecular complexity index is 859. The van der Waals surface area contributed by atoms with Crippen molar-refractivity contribution < 1.29 is 4.79 Å². The summed E-state index contributed by atoms with van der Waals surface area (Å²) in [5.41, 5.74) is 3.47. The van der Waals surface area contributed by atoms with Gasteiger partial charge in [0.25, 0.3) is 0 Å². The predicted molar refractivity (Wildman–Crippen MR) is 108 cm³/mol. The molecule has 0 aliphatic rings. The van der Waals surface area contributed by atoms with Gasteiger partial charge in [-0.3, -0.25) is 4.79 Å². The van der Waals surface area contributed by atoms with Crippen molar-refractivity contribution in [3.05, 3.63) is 95.6 Å². The van der Waals surface area contributed by atoms with Crippen LogP contribution in [0.4, 0.5) is 0 Å². The fourth-order valence-electron chi connectivity index (χ4n) is 2.73. The van der Waals surface area contributed by atoms with E-state index in [4.69, 9.17) is 0 Å². The van der Waals surface area contributed by atoms with Gasteiger partial charge < -0.3 is 4.90 Å². The number of hydrogen-bond donors (Lipinski definition) is 0. The molecule has 3 rings (SSSR count). The molecular weight excluding hydrogens is 338 g/mol. The van der Waals surface area contributed by atoms with Crippen LogP contribution in [0.3, 0.4) is 0 Å². The number of hydrogen-bond acceptors (Lipinski definition) is 2. The van der Waals surface area contributed by atoms with Crippen molar-refractivity contribution in [2.24, 2.45) is 0 Å². The topological polar surface area (TPSA) is 20.3 Å². The third-order valence-corrected chi connectivity index (χ3v) is 5.38. The summed E-state index contributed by atoms with van der Waals surface area (Å²) in [4.78, 5) is 16.8. The number of amides is 1. The van der Waals surface area contributed by atoms with Crippen LogP contribution in [0.5, 0.6) is 0 Å². The third kappa shape index (κ3) is 4.99. The van der Waals surface area contributed by atoms with E-state index >= 15 is 0 Å². The first-order valence-corrected chi connectivity index (χ1v) is 9.54. The largest absolute Gasteiger partial charge is 0.341 e. The Morgan fingerprint density at radius 3 is 2.27 bits per heavy atom. The molecule has 0 spiro atoms. The van der Waals surface area contributed by atoms with E-state index in [9.17, 15) is 4.79 Å². The summed E-state index contributed by atoms with van der Waals surface area (Å²) in [5, 5.41) is 0. The molecule has 0 fully saturated rings. The molecule has 0 saturated heterocycles. The number of rotatable bonds is 6. The molecule has 1 amide bonds. The summed E-state index contributed by atoms with van der Waals surface area (Å²) in [7, 11) is 1.87. The van der Waals surface area contributed by atoms with E-state index in [1.165, 1.54) is 10.5 Å². The van der Waals surface area contributed by atoms with Gasteiger partial charge >= 0.3 is 0 Å².